The van der Waals surface area contributed by atoms with Gasteiger partial charge in [0.1, 0.15) is 52.9 Å². The van der Waals surface area contributed by atoms with Gasteiger partial charge < -0.3 is 63.6 Å². The van der Waals surface area contributed by atoms with E-state index in [1.54, 1.807) is 39.8 Å². The number of fused-ring (bicyclic) bond motifs is 8. The molecule has 284 valence electrons. The summed E-state index contributed by atoms with van der Waals surface area (Å²) in [6.45, 7) is 6.76. The fourth-order valence-electron chi connectivity index (χ4n) is 9.20. The summed E-state index contributed by atoms with van der Waals surface area (Å²) in [7, 11) is 7.89. The number of ether oxygens (including phenoxy) is 7. The van der Waals surface area contributed by atoms with Crippen molar-refractivity contribution in [3.05, 3.63) is 51.1 Å². The van der Waals surface area contributed by atoms with Gasteiger partial charge in [0.2, 0.25) is 12.1 Å². The van der Waals surface area contributed by atoms with Crippen LogP contribution in [0.4, 0.5) is 0 Å². The molecule has 2 aromatic carbocycles. The zero-order valence-corrected chi connectivity index (χ0v) is 30.6. The van der Waals surface area contributed by atoms with Crippen molar-refractivity contribution >= 4 is 11.6 Å². The molecule has 0 aromatic heterocycles. The number of hydrogen-bond acceptors (Lipinski definition) is 15. The first-order valence-electron chi connectivity index (χ1n) is 17.2. The molecule has 2 aliphatic carbocycles. The van der Waals surface area contributed by atoms with Crippen LogP contribution in [0.5, 0.6) is 17.2 Å². The molecule has 5 aliphatic rings. The number of ketones is 2. The van der Waals surface area contributed by atoms with Gasteiger partial charge in [-0.15, -0.1) is 0 Å². The molecule has 0 saturated carbocycles. The van der Waals surface area contributed by atoms with E-state index >= 15 is 0 Å². The molecule has 3 aliphatic heterocycles. The molecule has 0 amide bonds. The van der Waals surface area contributed by atoms with Crippen molar-refractivity contribution in [2.75, 3.05) is 35.4 Å². The Labute approximate surface area is 300 Å². The van der Waals surface area contributed by atoms with Crippen molar-refractivity contribution in [1.82, 2.24) is 4.90 Å². The van der Waals surface area contributed by atoms with E-state index in [9.17, 15) is 35.1 Å². The maximum absolute atomic E-state index is 14.5. The predicted molar refractivity (Wildman–Crippen MR) is 180 cm³/mol. The van der Waals surface area contributed by atoms with Crippen LogP contribution in [0.2, 0.25) is 0 Å². The largest absolute Gasteiger partial charge is 0.507 e. The number of aliphatic hydroxyl groups excluding tert-OH is 2. The lowest BCUT2D eigenvalue weighted by Gasteiger charge is -2.53. The Balaban J connectivity index is 1.34. The van der Waals surface area contributed by atoms with Crippen LogP contribution in [0.1, 0.15) is 88.8 Å². The highest BCUT2D eigenvalue weighted by molar-refractivity contribution is 6.31. The normalized spacial score (nSPS) is 39.4. The molecule has 3 heterocycles. The molecule has 0 unspecified atom stereocenters. The second-order valence-corrected chi connectivity index (χ2v) is 15.4. The smallest absolute Gasteiger partial charge is 0.228 e. The average molecular weight is 730 g/mol. The van der Waals surface area contributed by atoms with Gasteiger partial charge in [0.25, 0.3) is 0 Å². The summed E-state index contributed by atoms with van der Waals surface area (Å²) in [5.74, 6) is -2.85. The van der Waals surface area contributed by atoms with Gasteiger partial charge in [0, 0.05) is 50.9 Å². The summed E-state index contributed by atoms with van der Waals surface area (Å²) >= 11 is 0. The third-order valence-electron chi connectivity index (χ3n) is 11.8. The molecular formula is C37H47NO14. The van der Waals surface area contributed by atoms with Gasteiger partial charge >= 0.3 is 0 Å². The molecule has 52 heavy (non-hydrogen) atoms. The van der Waals surface area contributed by atoms with Gasteiger partial charge in [0.15, 0.2) is 12.1 Å². The molecule has 15 heteroatoms. The minimum atomic E-state index is -1.55. The number of aliphatic hydroxyl groups is 3. The summed E-state index contributed by atoms with van der Waals surface area (Å²) in [5.41, 5.74) is -4.54. The molecule has 0 radical (unpaired) electrons. The van der Waals surface area contributed by atoms with Crippen LogP contribution < -0.4 is 4.74 Å². The Bertz CT molecular complexity index is 1830. The van der Waals surface area contributed by atoms with Crippen molar-refractivity contribution in [1.29, 1.82) is 0 Å². The maximum Gasteiger partial charge on any atom is 0.228 e. The van der Waals surface area contributed by atoms with E-state index in [-0.39, 0.29) is 46.4 Å². The van der Waals surface area contributed by atoms with Crippen LogP contribution in [0.3, 0.4) is 0 Å². The number of carbonyl (C=O) groups excluding carboxylic acids is 2. The number of methoxy groups -OCH3 is 3. The van der Waals surface area contributed by atoms with Gasteiger partial charge in [-0.1, -0.05) is 0 Å². The Kier molecular flexibility index (Phi) is 8.86. The monoisotopic (exact) mass is 729 g/mol. The van der Waals surface area contributed by atoms with Crippen LogP contribution >= 0.6 is 0 Å². The number of aromatic hydroxyl groups is 2. The Morgan fingerprint density at radius 1 is 0.942 bits per heavy atom. The molecule has 2 bridgehead atoms. The second kappa shape index (κ2) is 12.4. The summed E-state index contributed by atoms with van der Waals surface area (Å²) in [6, 6.07) is 1.82. The fourth-order valence-corrected chi connectivity index (χ4v) is 9.20. The second-order valence-electron chi connectivity index (χ2n) is 15.4. The standard InChI is InChI=1S/C37H47NO14/c1-14-31(46-7)37(4,48-9)32(47-8)34(49-14)50-19-13-35(2,45)12-15-10-16-21(26(41)20(15)19)27(42)22-18(39)11-17-29(23(22)25(16)40)51-33-28(43)24(38(5)6)30(44)36(17,3)52-33/h10-11,14,19,24,28,30-34,39,41,43-45H,12-13H2,1-9H3/t14-,19+,24+,28-,30+,31+,32+,33-,34+,35+,36+,37+/m0/s1. The molecule has 0 spiro atoms. The van der Waals surface area contributed by atoms with Gasteiger partial charge in [0.05, 0.1) is 40.5 Å². The Morgan fingerprint density at radius 2 is 1.62 bits per heavy atom. The summed E-state index contributed by atoms with van der Waals surface area (Å²) in [4.78, 5) is 30.6. The molecule has 12 atom stereocenters. The highest BCUT2D eigenvalue weighted by atomic mass is 16.7. The topological polar surface area (TPSA) is 203 Å². The quantitative estimate of drug-likeness (QED) is 0.244. The fraction of sp³-hybridized carbons (Fsp3) is 0.622. The molecular weight excluding hydrogens is 682 g/mol. The molecule has 7 rings (SSSR count). The molecule has 2 saturated heterocycles. The zero-order chi connectivity index (χ0) is 38.0. The average Bonchev–Trinajstić information content (AvgIpc) is 3.05. The number of phenols is 2. The number of carbonyl (C=O) groups is 2. The predicted octanol–water partition coefficient (Wildman–Crippen LogP) is 1.42. The highest BCUT2D eigenvalue weighted by Gasteiger charge is 2.60. The number of hydrogen-bond donors (Lipinski definition) is 5. The van der Waals surface area contributed by atoms with Crippen molar-refractivity contribution in [2.24, 2.45) is 0 Å². The Hall–Kier alpha value is -3.22. The third-order valence-corrected chi connectivity index (χ3v) is 11.8. The van der Waals surface area contributed by atoms with E-state index < -0.39 is 101 Å². The highest BCUT2D eigenvalue weighted by Crippen LogP contribution is 2.55. The summed E-state index contributed by atoms with van der Waals surface area (Å²) < 4.78 is 42.2. The number of nitrogens with zero attached hydrogens (tertiary/aromatic N) is 1. The van der Waals surface area contributed by atoms with E-state index in [1.165, 1.54) is 33.5 Å². The van der Waals surface area contributed by atoms with E-state index in [0.717, 1.165) is 0 Å². The van der Waals surface area contributed by atoms with Gasteiger partial charge in [-0.2, -0.15) is 0 Å². The van der Waals surface area contributed by atoms with Crippen LogP contribution in [-0.4, -0.2) is 138 Å². The number of benzene rings is 2. The van der Waals surface area contributed by atoms with Crippen LogP contribution in [0, 0.1) is 0 Å². The van der Waals surface area contributed by atoms with Crippen molar-refractivity contribution < 1.29 is 68.3 Å². The number of rotatable bonds is 6. The first-order valence-corrected chi connectivity index (χ1v) is 17.2. The van der Waals surface area contributed by atoms with Crippen molar-refractivity contribution in [3.8, 4) is 17.2 Å². The van der Waals surface area contributed by atoms with E-state index in [4.69, 9.17) is 33.2 Å². The van der Waals surface area contributed by atoms with Crippen LogP contribution in [0.15, 0.2) is 12.1 Å². The molecule has 2 fully saturated rings. The third kappa shape index (κ3) is 5.09. The van der Waals surface area contributed by atoms with Crippen LogP contribution in [0.25, 0.3) is 0 Å². The molecule has 2 aromatic rings. The minimum Gasteiger partial charge on any atom is -0.507 e. The number of phenolic OH excluding ortho intramolecular Hbond substituents is 2. The SMILES string of the molecule is CO[C@@H]1[C@@H](O[C@@H]2C[C@](C)(O)Cc3cc4c(c(O)c32)C(=O)c2c(O)cc3c(c2C4=O)O[C@H]2O[C@@]3(C)[C@H](O)[C@H](N(C)C)[C@@H]2O)O[C@@H](C)[C@@H](OC)[C@@]1(C)OC. The van der Waals surface area contributed by atoms with Gasteiger partial charge in [-0.05, 0) is 59.5 Å². The van der Waals surface area contributed by atoms with E-state index in [2.05, 4.69) is 0 Å². The summed E-state index contributed by atoms with van der Waals surface area (Å²) in [5, 5.41) is 57.4. The summed E-state index contributed by atoms with van der Waals surface area (Å²) in [6.07, 6.45) is -8.03. The number of likely N-dealkylation sites (N-methyl/N-ethyl adjacent to an activating group) is 1. The van der Waals surface area contributed by atoms with Gasteiger partial charge in [-0.3, -0.25) is 9.59 Å². The molecule has 5 N–H and O–H groups in total. The lowest BCUT2D eigenvalue weighted by atomic mass is 9.72. The van der Waals surface area contributed by atoms with Gasteiger partial charge in [-0.25, -0.2) is 0 Å². The lowest BCUT2D eigenvalue weighted by molar-refractivity contribution is -0.345. The van der Waals surface area contributed by atoms with Crippen LogP contribution in [-0.2, 0) is 40.4 Å². The first-order chi connectivity index (χ1) is 24.3. The Morgan fingerprint density at radius 3 is 2.23 bits per heavy atom. The van der Waals surface area contributed by atoms with E-state index in [0.29, 0.717) is 5.56 Å². The van der Waals surface area contributed by atoms with Crippen molar-refractivity contribution in [2.45, 2.75) is 113 Å². The lowest BCUT2D eigenvalue weighted by Crippen LogP contribution is -2.68. The minimum absolute atomic E-state index is 0.00146. The zero-order valence-electron chi connectivity index (χ0n) is 30.6. The first kappa shape index (κ1) is 37.1. The van der Waals surface area contributed by atoms with E-state index in [1.807, 2.05) is 6.92 Å². The maximum atomic E-state index is 14.5. The molecule has 15 nitrogen and oxygen atoms in total. The van der Waals surface area contributed by atoms with Crippen molar-refractivity contribution in [3.63, 3.8) is 0 Å².